The molecule has 7 heteroatoms. The molecule has 2 atom stereocenters. The summed E-state index contributed by atoms with van der Waals surface area (Å²) < 4.78 is 17.6. The lowest BCUT2D eigenvalue weighted by molar-refractivity contribution is -0.0191. The van der Waals surface area contributed by atoms with Gasteiger partial charge in [-0.15, -0.1) is 0 Å². The highest BCUT2D eigenvalue weighted by molar-refractivity contribution is 6.03. The Balaban J connectivity index is 1.25. The van der Waals surface area contributed by atoms with E-state index >= 15 is 0 Å². The van der Waals surface area contributed by atoms with E-state index in [4.69, 9.17) is 13.9 Å². The minimum absolute atomic E-state index is 0.191. The number of hydrogen-bond acceptors (Lipinski definition) is 6. The molecular formula is C24H31N3O4. The molecular weight excluding hydrogens is 394 g/mol. The molecule has 5 rings (SSSR count). The second kappa shape index (κ2) is 7.55. The summed E-state index contributed by atoms with van der Waals surface area (Å²) in [6, 6.07) is 6.28. The van der Waals surface area contributed by atoms with Crippen molar-refractivity contribution in [2.75, 3.05) is 30.4 Å². The van der Waals surface area contributed by atoms with Crippen molar-refractivity contribution in [1.29, 1.82) is 0 Å². The monoisotopic (exact) mass is 425 g/mol. The molecule has 0 bridgehead atoms. The predicted octanol–water partition coefficient (Wildman–Crippen LogP) is 4.20. The average molecular weight is 426 g/mol. The van der Waals surface area contributed by atoms with Gasteiger partial charge >= 0.3 is 0 Å². The number of methoxy groups -OCH3 is 1. The summed E-state index contributed by atoms with van der Waals surface area (Å²) in [6.45, 7) is 7.41. The van der Waals surface area contributed by atoms with Gasteiger partial charge in [0, 0.05) is 19.2 Å². The number of carbonyl (C=O) groups is 1. The number of hydrogen-bond donors (Lipinski definition) is 1. The standard InChI is InChI=1S/C24H31N3O4/c1-5-19-21(26-23(31-19)27-12-24(3,13-27)29-4)22(28)25-17-6-7-20(14(2)8-17)30-18-10-15-9-16(15)11-18/h6-8,15-16,18H,5,9-13H2,1-4H3,(H,25,28). The van der Waals surface area contributed by atoms with Crippen LogP contribution in [0.5, 0.6) is 5.75 Å². The minimum atomic E-state index is -0.258. The fourth-order valence-corrected chi connectivity index (χ4v) is 4.90. The van der Waals surface area contributed by atoms with E-state index in [1.165, 1.54) is 19.3 Å². The number of aryl methyl sites for hydroxylation is 2. The lowest BCUT2D eigenvalue weighted by atomic mass is 9.97. The Hall–Kier alpha value is -2.54. The molecule has 1 aromatic heterocycles. The fraction of sp³-hybridized carbons (Fsp3) is 0.583. The van der Waals surface area contributed by atoms with Crippen molar-refractivity contribution in [1.82, 2.24) is 4.98 Å². The maximum absolute atomic E-state index is 12.9. The van der Waals surface area contributed by atoms with E-state index in [1.807, 2.05) is 43.9 Å². The van der Waals surface area contributed by atoms with Crippen LogP contribution < -0.4 is 15.0 Å². The number of anilines is 2. The van der Waals surface area contributed by atoms with Crippen LogP contribution in [-0.2, 0) is 11.2 Å². The van der Waals surface area contributed by atoms with Gasteiger partial charge in [0.1, 0.15) is 17.1 Å². The third kappa shape index (κ3) is 3.91. The van der Waals surface area contributed by atoms with E-state index in [0.29, 0.717) is 43.1 Å². The number of aromatic nitrogens is 1. The zero-order chi connectivity index (χ0) is 21.8. The number of amides is 1. The zero-order valence-electron chi connectivity index (χ0n) is 18.7. The van der Waals surface area contributed by atoms with Crippen molar-refractivity contribution < 1.29 is 18.7 Å². The molecule has 1 N–H and O–H groups in total. The first-order chi connectivity index (χ1) is 14.9. The second-order valence-corrected chi connectivity index (χ2v) is 9.53. The van der Waals surface area contributed by atoms with E-state index in [2.05, 4.69) is 10.3 Å². The highest BCUT2D eigenvalue weighted by Gasteiger charge is 2.47. The SMILES string of the molecule is CCc1oc(N2CC(C)(OC)C2)nc1C(=O)Nc1ccc(OC2CC3CC3C2)c(C)c1. The van der Waals surface area contributed by atoms with E-state index in [1.54, 1.807) is 7.11 Å². The molecule has 2 heterocycles. The van der Waals surface area contributed by atoms with E-state index < -0.39 is 0 Å². The van der Waals surface area contributed by atoms with Crippen molar-refractivity contribution in [3.8, 4) is 5.75 Å². The van der Waals surface area contributed by atoms with Gasteiger partial charge in [-0.05, 0) is 68.7 Å². The summed E-state index contributed by atoms with van der Waals surface area (Å²) in [7, 11) is 1.71. The molecule has 31 heavy (non-hydrogen) atoms. The first-order valence-corrected chi connectivity index (χ1v) is 11.3. The van der Waals surface area contributed by atoms with Crippen molar-refractivity contribution in [3.63, 3.8) is 0 Å². The predicted molar refractivity (Wildman–Crippen MR) is 118 cm³/mol. The molecule has 2 aromatic rings. The van der Waals surface area contributed by atoms with Crippen molar-refractivity contribution >= 4 is 17.6 Å². The van der Waals surface area contributed by atoms with Crippen LogP contribution in [0.3, 0.4) is 0 Å². The summed E-state index contributed by atoms with van der Waals surface area (Å²) in [5.41, 5.74) is 1.90. The van der Waals surface area contributed by atoms with E-state index in [0.717, 1.165) is 28.8 Å². The second-order valence-electron chi connectivity index (χ2n) is 9.53. The molecule has 3 aliphatic rings. The maximum Gasteiger partial charge on any atom is 0.298 e. The summed E-state index contributed by atoms with van der Waals surface area (Å²) in [4.78, 5) is 19.4. The van der Waals surface area contributed by atoms with E-state index in [-0.39, 0.29) is 11.5 Å². The quantitative estimate of drug-likeness (QED) is 0.716. The molecule has 2 saturated carbocycles. The van der Waals surface area contributed by atoms with Gasteiger partial charge in [0.15, 0.2) is 5.69 Å². The van der Waals surface area contributed by atoms with Gasteiger partial charge in [-0.3, -0.25) is 4.79 Å². The number of ether oxygens (including phenoxy) is 2. The molecule has 7 nitrogen and oxygen atoms in total. The first-order valence-electron chi connectivity index (χ1n) is 11.3. The van der Waals surface area contributed by atoms with Gasteiger partial charge in [0.2, 0.25) is 0 Å². The van der Waals surface area contributed by atoms with Gasteiger partial charge in [0.25, 0.3) is 11.9 Å². The third-order valence-corrected chi connectivity index (χ3v) is 6.96. The van der Waals surface area contributed by atoms with Crippen LogP contribution in [0.15, 0.2) is 22.6 Å². The molecule has 2 aliphatic carbocycles. The van der Waals surface area contributed by atoms with Crippen LogP contribution in [0.1, 0.15) is 54.9 Å². The Morgan fingerprint density at radius 3 is 2.68 bits per heavy atom. The Morgan fingerprint density at radius 2 is 2.03 bits per heavy atom. The molecule has 1 aromatic carbocycles. The Bertz CT molecular complexity index is 985. The highest BCUT2D eigenvalue weighted by Crippen LogP contribution is 2.52. The lowest BCUT2D eigenvalue weighted by Crippen LogP contribution is -2.61. The lowest BCUT2D eigenvalue weighted by Gasteiger charge is -2.45. The summed E-state index contributed by atoms with van der Waals surface area (Å²) in [5.74, 6) is 3.02. The van der Waals surface area contributed by atoms with Crippen LogP contribution in [0.25, 0.3) is 0 Å². The third-order valence-electron chi connectivity index (χ3n) is 6.96. The largest absolute Gasteiger partial charge is 0.490 e. The van der Waals surface area contributed by atoms with Gasteiger partial charge in [-0.1, -0.05) is 6.92 Å². The van der Waals surface area contributed by atoms with Crippen LogP contribution in [0, 0.1) is 18.8 Å². The number of nitrogens with one attached hydrogen (secondary N) is 1. The molecule has 166 valence electrons. The fourth-order valence-electron chi connectivity index (χ4n) is 4.90. The smallest absolute Gasteiger partial charge is 0.298 e. The molecule has 1 amide bonds. The molecule has 0 radical (unpaired) electrons. The topological polar surface area (TPSA) is 76.8 Å². The average Bonchev–Trinajstić information content (AvgIpc) is 3.13. The zero-order valence-corrected chi connectivity index (χ0v) is 18.7. The highest BCUT2D eigenvalue weighted by atomic mass is 16.5. The number of fused-ring (bicyclic) bond motifs is 1. The van der Waals surface area contributed by atoms with Gasteiger partial charge < -0.3 is 24.1 Å². The normalized spacial score (nSPS) is 25.7. The maximum atomic E-state index is 12.9. The minimum Gasteiger partial charge on any atom is -0.490 e. The molecule has 3 fully saturated rings. The summed E-state index contributed by atoms with van der Waals surface area (Å²) in [5, 5.41) is 2.96. The summed E-state index contributed by atoms with van der Waals surface area (Å²) in [6.07, 6.45) is 4.68. The van der Waals surface area contributed by atoms with Gasteiger partial charge in [-0.2, -0.15) is 4.98 Å². The number of benzene rings is 1. The van der Waals surface area contributed by atoms with Crippen LogP contribution >= 0.6 is 0 Å². The molecule has 0 spiro atoms. The van der Waals surface area contributed by atoms with Gasteiger partial charge in [0.05, 0.1) is 19.2 Å². The van der Waals surface area contributed by atoms with Crippen molar-refractivity contribution in [2.24, 2.45) is 11.8 Å². The number of nitrogens with zero attached hydrogens (tertiary/aromatic N) is 2. The molecule has 2 unspecified atom stereocenters. The van der Waals surface area contributed by atoms with Gasteiger partial charge in [-0.25, -0.2) is 0 Å². The number of oxazole rings is 1. The van der Waals surface area contributed by atoms with Crippen LogP contribution in [0.4, 0.5) is 11.7 Å². The Kier molecular flexibility index (Phi) is 4.96. The van der Waals surface area contributed by atoms with Crippen molar-refractivity contribution in [3.05, 3.63) is 35.2 Å². The van der Waals surface area contributed by atoms with E-state index in [9.17, 15) is 4.79 Å². The Labute approximate surface area is 183 Å². The van der Waals surface area contributed by atoms with Crippen LogP contribution in [-0.4, -0.2) is 42.8 Å². The number of carbonyl (C=O) groups excluding carboxylic acids is 1. The Morgan fingerprint density at radius 1 is 1.29 bits per heavy atom. The first kappa shape index (κ1) is 20.4. The number of rotatable bonds is 7. The molecule has 1 saturated heterocycles. The van der Waals surface area contributed by atoms with Crippen LogP contribution in [0.2, 0.25) is 0 Å². The van der Waals surface area contributed by atoms with Crippen molar-refractivity contribution in [2.45, 2.75) is 58.2 Å². The molecule has 1 aliphatic heterocycles. The summed E-state index contributed by atoms with van der Waals surface area (Å²) >= 11 is 0.